The third-order valence-electron chi connectivity index (χ3n) is 2.34. The monoisotopic (exact) mass is 170 g/mol. The van der Waals surface area contributed by atoms with Crippen LogP contribution in [0, 0.1) is 0 Å². The number of carbonyl (C=O) groups excluding carboxylic acids is 1. The van der Waals surface area contributed by atoms with Gasteiger partial charge in [0.05, 0.1) is 5.54 Å². The van der Waals surface area contributed by atoms with Crippen LogP contribution in [-0.2, 0) is 4.79 Å². The van der Waals surface area contributed by atoms with E-state index in [0.29, 0.717) is 6.04 Å². The molecular weight excluding hydrogens is 152 g/mol. The van der Waals surface area contributed by atoms with Gasteiger partial charge in [0, 0.05) is 19.1 Å². The van der Waals surface area contributed by atoms with Crippen molar-refractivity contribution in [1.29, 1.82) is 0 Å². The van der Waals surface area contributed by atoms with Gasteiger partial charge in [0.25, 0.3) is 0 Å². The lowest BCUT2D eigenvalue weighted by molar-refractivity contribution is -0.141. The molecule has 1 aliphatic rings. The van der Waals surface area contributed by atoms with Gasteiger partial charge < -0.3 is 10.2 Å². The predicted octanol–water partition coefficient (Wildman–Crippen LogP) is 0.605. The van der Waals surface area contributed by atoms with E-state index in [2.05, 4.69) is 19.2 Å². The van der Waals surface area contributed by atoms with Crippen LogP contribution in [0.2, 0.25) is 0 Å². The molecule has 3 heteroatoms. The first kappa shape index (κ1) is 9.52. The van der Waals surface area contributed by atoms with Gasteiger partial charge in [0.2, 0.25) is 5.91 Å². The van der Waals surface area contributed by atoms with E-state index in [1.54, 1.807) is 0 Å². The van der Waals surface area contributed by atoms with Gasteiger partial charge >= 0.3 is 0 Å². The second-order valence-corrected chi connectivity index (χ2v) is 4.14. The van der Waals surface area contributed by atoms with Crippen molar-refractivity contribution >= 4 is 5.91 Å². The van der Waals surface area contributed by atoms with Gasteiger partial charge in [-0.25, -0.2) is 0 Å². The smallest absolute Gasteiger partial charge is 0.242 e. The normalized spacial score (nSPS) is 23.4. The number of piperazine rings is 1. The largest absolute Gasteiger partial charge is 0.337 e. The molecule has 0 radical (unpaired) electrons. The molecule has 0 spiro atoms. The van der Waals surface area contributed by atoms with Crippen molar-refractivity contribution in [3.8, 4) is 0 Å². The number of nitrogens with zero attached hydrogens (tertiary/aromatic N) is 1. The summed E-state index contributed by atoms with van der Waals surface area (Å²) in [5.41, 5.74) is -0.373. The topological polar surface area (TPSA) is 32.3 Å². The second-order valence-electron chi connectivity index (χ2n) is 4.14. The third-order valence-corrected chi connectivity index (χ3v) is 2.34. The molecule has 0 aromatic rings. The number of nitrogens with one attached hydrogen (secondary N) is 1. The Bertz CT molecular complexity index is 187. The summed E-state index contributed by atoms with van der Waals surface area (Å²) in [6.07, 6.45) is 0. The molecule has 1 heterocycles. The Labute approximate surface area is 74.1 Å². The highest BCUT2D eigenvalue weighted by molar-refractivity contribution is 5.86. The van der Waals surface area contributed by atoms with Crippen LogP contribution >= 0.6 is 0 Å². The molecule has 1 fully saturated rings. The second kappa shape index (κ2) is 3.05. The number of amides is 1. The Morgan fingerprint density at radius 2 is 2.08 bits per heavy atom. The zero-order valence-electron chi connectivity index (χ0n) is 8.35. The van der Waals surface area contributed by atoms with Crippen LogP contribution in [-0.4, -0.2) is 35.5 Å². The van der Waals surface area contributed by atoms with Crippen molar-refractivity contribution in [1.82, 2.24) is 10.2 Å². The predicted molar refractivity (Wildman–Crippen MR) is 48.9 cm³/mol. The number of carbonyl (C=O) groups is 1. The van der Waals surface area contributed by atoms with E-state index in [0.717, 1.165) is 13.1 Å². The van der Waals surface area contributed by atoms with Gasteiger partial charge in [-0.05, 0) is 27.7 Å². The summed E-state index contributed by atoms with van der Waals surface area (Å²) in [5, 5.41) is 3.20. The SMILES string of the molecule is CC(C)N1CCNC(C)(C)C1=O. The fourth-order valence-corrected chi connectivity index (χ4v) is 1.52. The van der Waals surface area contributed by atoms with Gasteiger partial charge in [0.15, 0.2) is 0 Å². The van der Waals surface area contributed by atoms with Crippen molar-refractivity contribution in [2.75, 3.05) is 13.1 Å². The van der Waals surface area contributed by atoms with Crippen molar-refractivity contribution in [2.24, 2.45) is 0 Å². The molecule has 0 atom stereocenters. The van der Waals surface area contributed by atoms with E-state index >= 15 is 0 Å². The summed E-state index contributed by atoms with van der Waals surface area (Å²) >= 11 is 0. The summed E-state index contributed by atoms with van der Waals surface area (Å²) in [5.74, 6) is 0.212. The molecule has 0 aromatic heterocycles. The molecule has 0 aliphatic carbocycles. The maximum atomic E-state index is 11.8. The molecule has 0 saturated carbocycles. The molecule has 1 N–H and O–H groups in total. The minimum absolute atomic E-state index is 0.212. The zero-order chi connectivity index (χ0) is 9.35. The van der Waals surface area contributed by atoms with E-state index in [9.17, 15) is 4.79 Å². The highest BCUT2D eigenvalue weighted by atomic mass is 16.2. The first-order valence-corrected chi connectivity index (χ1v) is 4.51. The Morgan fingerprint density at radius 1 is 1.50 bits per heavy atom. The van der Waals surface area contributed by atoms with E-state index in [-0.39, 0.29) is 11.4 Å². The van der Waals surface area contributed by atoms with E-state index in [1.807, 2.05) is 18.7 Å². The lowest BCUT2D eigenvalue weighted by atomic mass is 10.00. The molecule has 1 rings (SSSR count). The molecule has 3 nitrogen and oxygen atoms in total. The van der Waals surface area contributed by atoms with Gasteiger partial charge in [0.1, 0.15) is 0 Å². The molecule has 1 amide bonds. The minimum atomic E-state index is -0.373. The van der Waals surface area contributed by atoms with Crippen LogP contribution in [0.4, 0.5) is 0 Å². The molecule has 0 unspecified atom stereocenters. The number of hydrogen-bond donors (Lipinski definition) is 1. The van der Waals surface area contributed by atoms with Crippen molar-refractivity contribution in [3.05, 3.63) is 0 Å². The van der Waals surface area contributed by atoms with Crippen LogP contribution in [0.1, 0.15) is 27.7 Å². The standard InChI is InChI=1S/C9H18N2O/c1-7(2)11-6-5-10-9(3,4)8(11)12/h7,10H,5-6H2,1-4H3. The van der Waals surface area contributed by atoms with E-state index < -0.39 is 0 Å². The van der Waals surface area contributed by atoms with Crippen molar-refractivity contribution in [3.63, 3.8) is 0 Å². The lowest BCUT2D eigenvalue weighted by Gasteiger charge is -2.40. The Balaban J connectivity index is 2.73. The fraction of sp³-hybridized carbons (Fsp3) is 0.889. The highest BCUT2D eigenvalue weighted by Crippen LogP contribution is 2.14. The number of hydrogen-bond acceptors (Lipinski definition) is 2. The van der Waals surface area contributed by atoms with Crippen molar-refractivity contribution < 1.29 is 4.79 Å². The Kier molecular flexibility index (Phi) is 2.42. The van der Waals surface area contributed by atoms with Crippen LogP contribution in [0.5, 0.6) is 0 Å². The summed E-state index contributed by atoms with van der Waals surface area (Å²) in [7, 11) is 0. The lowest BCUT2D eigenvalue weighted by Crippen LogP contribution is -2.62. The third kappa shape index (κ3) is 1.61. The maximum Gasteiger partial charge on any atom is 0.242 e. The summed E-state index contributed by atoms with van der Waals surface area (Å²) in [6.45, 7) is 9.71. The first-order chi connectivity index (χ1) is 5.45. The van der Waals surface area contributed by atoms with E-state index in [1.165, 1.54) is 0 Å². The molecule has 1 saturated heterocycles. The van der Waals surface area contributed by atoms with Gasteiger partial charge in [-0.3, -0.25) is 4.79 Å². The molecule has 0 aromatic carbocycles. The molecule has 1 aliphatic heterocycles. The van der Waals surface area contributed by atoms with Gasteiger partial charge in [-0.2, -0.15) is 0 Å². The zero-order valence-corrected chi connectivity index (χ0v) is 8.35. The average molecular weight is 170 g/mol. The van der Waals surface area contributed by atoms with Crippen LogP contribution in [0.3, 0.4) is 0 Å². The van der Waals surface area contributed by atoms with E-state index in [4.69, 9.17) is 0 Å². The van der Waals surface area contributed by atoms with Crippen LogP contribution in [0.25, 0.3) is 0 Å². The van der Waals surface area contributed by atoms with Crippen LogP contribution in [0.15, 0.2) is 0 Å². The van der Waals surface area contributed by atoms with Crippen LogP contribution < -0.4 is 5.32 Å². The molecular formula is C9H18N2O. The fourth-order valence-electron chi connectivity index (χ4n) is 1.52. The first-order valence-electron chi connectivity index (χ1n) is 4.51. The van der Waals surface area contributed by atoms with Crippen molar-refractivity contribution in [2.45, 2.75) is 39.3 Å². The summed E-state index contributed by atoms with van der Waals surface area (Å²) in [6, 6.07) is 0.318. The molecule has 70 valence electrons. The highest BCUT2D eigenvalue weighted by Gasteiger charge is 2.35. The Hall–Kier alpha value is -0.570. The Morgan fingerprint density at radius 3 is 2.50 bits per heavy atom. The maximum absolute atomic E-state index is 11.8. The summed E-state index contributed by atoms with van der Waals surface area (Å²) < 4.78 is 0. The minimum Gasteiger partial charge on any atom is -0.337 e. The number of rotatable bonds is 1. The molecule has 0 bridgehead atoms. The average Bonchev–Trinajstić information content (AvgIpc) is 1.94. The van der Waals surface area contributed by atoms with Gasteiger partial charge in [-0.15, -0.1) is 0 Å². The quantitative estimate of drug-likeness (QED) is 0.625. The molecule has 12 heavy (non-hydrogen) atoms. The summed E-state index contributed by atoms with van der Waals surface area (Å²) in [4.78, 5) is 13.7. The van der Waals surface area contributed by atoms with Gasteiger partial charge in [-0.1, -0.05) is 0 Å².